The zero-order valence-electron chi connectivity index (χ0n) is 43.7. The number of alkyl halides is 3. The summed E-state index contributed by atoms with van der Waals surface area (Å²) in [5, 5.41) is 46.0. The van der Waals surface area contributed by atoms with Crippen molar-refractivity contribution in [2.24, 2.45) is 34.2 Å². The van der Waals surface area contributed by atoms with Gasteiger partial charge in [0.1, 0.15) is 48.0 Å². The number of hydrogen-bond acceptors (Lipinski definition) is 13. The molecule has 0 radical (unpaired) electrons. The number of aromatic amines is 1. The molecule has 1 aromatic carbocycles. The van der Waals surface area contributed by atoms with Gasteiger partial charge < -0.3 is 73.9 Å². The third-order valence-corrected chi connectivity index (χ3v) is 12.4. The smallest absolute Gasteiger partial charge is 0.490 e. The second-order valence-corrected chi connectivity index (χ2v) is 18.7. The van der Waals surface area contributed by atoms with Crippen molar-refractivity contribution < 1.29 is 71.6 Å². The quantitative estimate of drug-likeness (QED) is 0.0291. The van der Waals surface area contributed by atoms with Crippen LogP contribution in [0.5, 0.6) is 5.75 Å². The monoisotopic (exact) mass is 1080 g/mol. The van der Waals surface area contributed by atoms with E-state index in [0.29, 0.717) is 36.9 Å². The number of nitrogens with zero attached hydrogens (tertiary/aromatic N) is 3. The number of carboxylic acids is 2. The number of phenols is 1. The van der Waals surface area contributed by atoms with Gasteiger partial charge in [-0.3, -0.25) is 38.6 Å². The molecule has 28 heteroatoms. The van der Waals surface area contributed by atoms with Gasteiger partial charge in [0.25, 0.3) is 0 Å². The molecule has 1 fully saturated rings. The molecule has 1 aliphatic heterocycles. The number of amides is 7. The number of carbonyl (C=O) groups is 9. The van der Waals surface area contributed by atoms with Crippen LogP contribution in [-0.4, -0.2) is 165 Å². The van der Waals surface area contributed by atoms with Crippen LogP contribution >= 0.6 is 0 Å². The number of rotatable bonds is 28. The Kier molecular flexibility index (Phi) is 26.7. The van der Waals surface area contributed by atoms with Crippen LogP contribution in [0.15, 0.2) is 41.8 Å². The summed E-state index contributed by atoms with van der Waals surface area (Å²) in [6.07, 6.45) is -0.337. The van der Waals surface area contributed by atoms with Gasteiger partial charge in [0.05, 0.1) is 12.9 Å². The van der Waals surface area contributed by atoms with E-state index in [9.17, 15) is 61.7 Å². The molecule has 2 aromatic rings. The predicted octanol–water partition coefficient (Wildman–Crippen LogP) is -0.461. The maximum Gasteiger partial charge on any atom is 0.490 e. The molecule has 9 atom stereocenters. The topological polar surface area (TPSA) is 395 Å². The summed E-state index contributed by atoms with van der Waals surface area (Å²) in [6.45, 7) is 10.7. The Morgan fingerprint density at radius 3 is 1.88 bits per heavy atom. The molecule has 1 aromatic heterocycles. The zero-order valence-corrected chi connectivity index (χ0v) is 43.7. The fourth-order valence-electron chi connectivity index (χ4n) is 7.77. The summed E-state index contributed by atoms with van der Waals surface area (Å²) in [5.41, 5.74) is 11.9. The highest BCUT2D eigenvalue weighted by Gasteiger charge is 2.42. The molecular formula is C48H74F3N13O12. The second-order valence-electron chi connectivity index (χ2n) is 18.7. The number of carboxylic acid groups (broad SMARTS) is 2. The van der Waals surface area contributed by atoms with Gasteiger partial charge in [0, 0.05) is 37.8 Å². The third-order valence-electron chi connectivity index (χ3n) is 12.4. The average molecular weight is 1080 g/mol. The Morgan fingerprint density at radius 2 is 1.36 bits per heavy atom. The zero-order chi connectivity index (χ0) is 57.4. The van der Waals surface area contributed by atoms with E-state index in [2.05, 4.69) is 52.2 Å². The standard InChI is InChI=1S/C46H73N13O10.C2HF3O2/c1-8-26(5)37(43(66)55-33(21-29-22-50-24-52-29)44(67)59-19-11-13-34(59)41(64)58-38(45(68)69)27(6)9-2)57-40(63)32(20-28-14-16-30(60)17-15-28)54-42(65)36(25(3)4)56-39(62)31(53-35(61)23-49-7)12-10-18-51-46(47)48;3-2(4,5)1(6)7/h14-17,22,24-27,31-34,36-38,49,60H,8-13,18-21,23H2,1-7H3,(H,50,52)(H,53,61)(H,54,65)(H,55,66)(H,56,62)(H,57,63)(H,58,64)(H,68,69)(H4,47,48,51);(H,6,7). The SMILES string of the molecule is CCC(C)C(NC(=O)C1CCCN1C(=O)C(Cc1cnc[nH]1)NC(=O)C(NC(=O)C(Cc1ccc(O)cc1)NC(=O)C(NC(=O)C(CCCN=C(N)N)NC(=O)CNC)C(C)C)C(C)CC)C(=O)O.O=C(O)C(F)(F)F. The van der Waals surface area contributed by atoms with Gasteiger partial charge in [-0.1, -0.05) is 66.5 Å². The van der Waals surface area contributed by atoms with Crippen molar-refractivity contribution in [1.82, 2.24) is 52.1 Å². The molecule has 15 N–H and O–H groups in total. The minimum absolute atomic E-state index is 0.0369. The maximum absolute atomic E-state index is 14.5. The number of guanidine groups is 1. The van der Waals surface area contributed by atoms with Crippen molar-refractivity contribution in [3.8, 4) is 5.75 Å². The fraction of sp³-hybridized carbons (Fsp3) is 0.604. The number of nitrogens with two attached hydrogens (primary N) is 2. The molecule has 7 amide bonds. The van der Waals surface area contributed by atoms with Gasteiger partial charge in [-0.2, -0.15) is 13.2 Å². The molecule has 0 spiro atoms. The molecule has 0 aliphatic carbocycles. The van der Waals surface area contributed by atoms with Crippen molar-refractivity contribution >= 4 is 59.2 Å². The Labute approximate surface area is 438 Å². The van der Waals surface area contributed by atoms with E-state index >= 15 is 0 Å². The Balaban J connectivity index is 0.00000263. The molecule has 2 heterocycles. The van der Waals surface area contributed by atoms with Crippen LogP contribution in [0.25, 0.3) is 0 Å². The number of aliphatic imine (C=N–C) groups is 1. The number of likely N-dealkylation sites (N-methyl/N-ethyl adjacent to an activating group) is 1. The Morgan fingerprint density at radius 1 is 0.789 bits per heavy atom. The first-order valence-corrected chi connectivity index (χ1v) is 24.7. The average Bonchev–Trinajstić information content (AvgIpc) is 4.07. The molecule has 424 valence electrons. The second kappa shape index (κ2) is 31.4. The molecule has 3 rings (SSSR count). The van der Waals surface area contributed by atoms with E-state index in [1.165, 1.54) is 29.6 Å². The number of nitrogens with one attached hydrogen (secondary N) is 8. The number of phenolic OH excluding ortho intramolecular Hbond substituents is 1. The minimum atomic E-state index is -5.08. The predicted molar refractivity (Wildman–Crippen MR) is 269 cm³/mol. The lowest BCUT2D eigenvalue weighted by molar-refractivity contribution is -0.192. The molecule has 1 saturated heterocycles. The molecule has 1 aliphatic rings. The van der Waals surface area contributed by atoms with Crippen LogP contribution in [-0.2, 0) is 56.0 Å². The van der Waals surface area contributed by atoms with Crippen molar-refractivity contribution in [3.63, 3.8) is 0 Å². The van der Waals surface area contributed by atoms with Gasteiger partial charge in [-0.25, -0.2) is 14.6 Å². The van der Waals surface area contributed by atoms with Crippen LogP contribution in [0.3, 0.4) is 0 Å². The number of carbonyl (C=O) groups excluding carboxylic acids is 7. The van der Waals surface area contributed by atoms with E-state index < -0.39 is 114 Å². The van der Waals surface area contributed by atoms with Gasteiger partial charge in [-0.15, -0.1) is 0 Å². The summed E-state index contributed by atoms with van der Waals surface area (Å²) in [6, 6.07) is -2.38. The number of halogens is 3. The molecule has 9 unspecified atom stereocenters. The van der Waals surface area contributed by atoms with Crippen LogP contribution in [0.2, 0.25) is 0 Å². The highest BCUT2D eigenvalue weighted by Crippen LogP contribution is 2.22. The van der Waals surface area contributed by atoms with Crippen molar-refractivity contribution in [2.75, 3.05) is 26.7 Å². The number of H-pyrrole nitrogens is 1. The first kappa shape index (κ1) is 64.6. The van der Waals surface area contributed by atoms with Gasteiger partial charge in [0.15, 0.2) is 5.96 Å². The minimum Gasteiger partial charge on any atom is -0.508 e. The van der Waals surface area contributed by atoms with E-state index in [0.717, 1.165) is 0 Å². The lowest BCUT2D eigenvalue weighted by Crippen LogP contribution is -2.62. The molecule has 76 heavy (non-hydrogen) atoms. The van der Waals surface area contributed by atoms with Crippen molar-refractivity contribution in [2.45, 2.75) is 141 Å². The van der Waals surface area contributed by atoms with Crippen LogP contribution in [0.1, 0.15) is 91.3 Å². The van der Waals surface area contributed by atoms with Gasteiger partial charge >= 0.3 is 18.1 Å². The lowest BCUT2D eigenvalue weighted by atomic mass is 9.96. The van der Waals surface area contributed by atoms with Crippen LogP contribution in [0.4, 0.5) is 13.2 Å². The summed E-state index contributed by atoms with van der Waals surface area (Å²) >= 11 is 0. The first-order valence-electron chi connectivity index (χ1n) is 24.7. The molecule has 0 bridgehead atoms. The van der Waals surface area contributed by atoms with E-state index in [4.69, 9.17) is 21.4 Å². The summed E-state index contributed by atoms with van der Waals surface area (Å²) in [7, 11) is 1.57. The van der Waals surface area contributed by atoms with E-state index in [-0.39, 0.29) is 62.9 Å². The summed E-state index contributed by atoms with van der Waals surface area (Å²) < 4.78 is 31.7. The van der Waals surface area contributed by atoms with Gasteiger partial charge in [-0.05, 0) is 68.2 Å². The van der Waals surface area contributed by atoms with Gasteiger partial charge in [0.2, 0.25) is 41.4 Å². The summed E-state index contributed by atoms with van der Waals surface area (Å²) in [5.74, 6) is -10.2. The molecular weight excluding hydrogens is 1010 g/mol. The number of hydrogen-bond donors (Lipinski definition) is 13. The first-order chi connectivity index (χ1) is 35.6. The maximum atomic E-state index is 14.5. The molecule has 25 nitrogen and oxygen atoms in total. The summed E-state index contributed by atoms with van der Waals surface area (Å²) in [4.78, 5) is 131. The van der Waals surface area contributed by atoms with Crippen molar-refractivity contribution in [3.05, 3.63) is 48.0 Å². The fourth-order valence-corrected chi connectivity index (χ4v) is 7.77. The van der Waals surface area contributed by atoms with E-state index in [1.54, 1.807) is 46.9 Å². The molecule has 0 saturated carbocycles. The number of imidazole rings is 1. The number of aliphatic carboxylic acids is 2. The Hall–Kier alpha value is -7.52. The normalized spacial score (nSPS) is 16.4. The number of likely N-dealkylation sites (tertiary alicyclic amines) is 1. The number of benzene rings is 1. The highest BCUT2D eigenvalue weighted by molar-refractivity contribution is 5.98. The largest absolute Gasteiger partial charge is 0.508 e. The van der Waals surface area contributed by atoms with E-state index in [1.807, 2.05) is 13.8 Å². The number of aromatic nitrogens is 2. The van der Waals surface area contributed by atoms with Crippen LogP contribution in [0, 0.1) is 17.8 Å². The highest BCUT2D eigenvalue weighted by atomic mass is 19.4. The lowest BCUT2D eigenvalue weighted by Gasteiger charge is -2.32. The third kappa shape index (κ3) is 21.4. The number of aromatic hydroxyl groups is 1. The Bertz CT molecular complexity index is 2280. The van der Waals surface area contributed by atoms with Crippen molar-refractivity contribution in [1.29, 1.82) is 0 Å². The van der Waals surface area contributed by atoms with Crippen LogP contribution < -0.4 is 48.7 Å².